The van der Waals surface area contributed by atoms with Gasteiger partial charge in [-0.1, -0.05) is 42.5 Å². The number of likely N-dealkylation sites (N-methyl/N-ethyl adjacent to an activating group) is 1. The van der Waals surface area contributed by atoms with Crippen molar-refractivity contribution >= 4 is 22.5 Å². The molecular formula is C26H25F3N4O2. The van der Waals surface area contributed by atoms with E-state index in [-0.39, 0.29) is 12.1 Å². The molecule has 6 nitrogen and oxygen atoms in total. The molecule has 182 valence electrons. The van der Waals surface area contributed by atoms with Crippen LogP contribution in [0.15, 0.2) is 85.1 Å². The van der Waals surface area contributed by atoms with Crippen LogP contribution in [0.25, 0.3) is 16.6 Å². The van der Waals surface area contributed by atoms with Crippen LogP contribution in [0, 0.1) is 0 Å². The summed E-state index contributed by atoms with van der Waals surface area (Å²) in [4.78, 5) is 13.8. The van der Waals surface area contributed by atoms with Crippen LogP contribution in [0.1, 0.15) is 17.3 Å². The van der Waals surface area contributed by atoms with Crippen molar-refractivity contribution in [2.24, 2.45) is 0 Å². The molecule has 0 aliphatic heterocycles. The molecule has 35 heavy (non-hydrogen) atoms. The zero-order valence-electron chi connectivity index (χ0n) is 19.0. The third kappa shape index (κ3) is 5.00. The molecule has 1 unspecified atom stereocenters. The number of hydrogen-bond donors (Lipinski definition) is 2. The summed E-state index contributed by atoms with van der Waals surface area (Å²) in [6.45, 7) is -0.174. The summed E-state index contributed by atoms with van der Waals surface area (Å²) >= 11 is 0. The minimum absolute atomic E-state index is 0.00550. The van der Waals surface area contributed by atoms with Crippen molar-refractivity contribution < 1.29 is 23.1 Å². The van der Waals surface area contributed by atoms with Gasteiger partial charge >= 0.3 is 6.18 Å². The smallest absolute Gasteiger partial charge is 0.381 e. The number of nitrogens with zero attached hydrogens (tertiary/aromatic N) is 3. The molecule has 0 saturated carbocycles. The standard InChI is InChI=1S/C26H25F3N4O2/c1-2-32(24(34)19-10-5-3-6-11-19)18-25(35,26(27,28)29)17-30-22-14-9-15-23-21(22)16-31-33(23)20-12-7-4-8-13-20/h3-16,30,35H,2,17-18H2,1H3. The van der Waals surface area contributed by atoms with E-state index in [0.29, 0.717) is 16.6 Å². The van der Waals surface area contributed by atoms with E-state index in [0.717, 1.165) is 10.6 Å². The van der Waals surface area contributed by atoms with E-state index >= 15 is 0 Å². The van der Waals surface area contributed by atoms with Crippen LogP contribution in [0.3, 0.4) is 0 Å². The molecule has 0 bridgehead atoms. The predicted molar refractivity (Wildman–Crippen MR) is 129 cm³/mol. The lowest BCUT2D eigenvalue weighted by Crippen LogP contribution is -2.58. The quantitative estimate of drug-likeness (QED) is 0.375. The molecule has 4 rings (SSSR count). The van der Waals surface area contributed by atoms with Crippen LogP contribution in [-0.2, 0) is 0 Å². The first kappa shape index (κ1) is 24.3. The third-order valence-corrected chi connectivity index (χ3v) is 5.86. The number of aliphatic hydroxyl groups is 1. The first-order chi connectivity index (χ1) is 16.7. The number of carbonyl (C=O) groups excluding carboxylic acids is 1. The van der Waals surface area contributed by atoms with E-state index in [4.69, 9.17) is 0 Å². The molecule has 3 aromatic carbocycles. The van der Waals surface area contributed by atoms with Crippen molar-refractivity contribution in [3.63, 3.8) is 0 Å². The number of alkyl halides is 3. The number of para-hydroxylation sites is 1. The van der Waals surface area contributed by atoms with E-state index in [2.05, 4.69) is 10.4 Å². The second kappa shape index (κ2) is 9.79. The highest BCUT2D eigenvalue weighted by Gasteiger charge is 2.55. The Morgan fingerprint density at radius 3 is 2.29 bits per heavy atom. The fraction of sp³-hybridized carbons (Fsp3) is 0.231. The van der Waals surface area contributed by atoms with E-state index in [1.807, 2.05) is 36.4 Å². The molecule has 0 spiro atoms. The molecule has 0 aliphatic rings. The lowest BCUT2D eigenvalue weighted by atomic mass is 10.0. The fourth-order valence-corrected chi connectivity index (χ4v) is 3.87. The zero-order valence-corrected chi connectivity index (χ0v) is 19.0. The van der Waals surface area contributed by atoms with Gasteiger partial charge < -0.3 is 15.3 Å². The number of rotatable bonds is 8. The second-order valence-electron chi connectivity index (χ2n) is 8.20. The van der Waals surface area contributed by atoms with Gasteiger partial charge in [-0.25, -0.2) is 4.68 Å². The molecule has 0 saturated heterocycles. The molecule has 1 amide bonds. The Bertz CT molecular complexity index is 1290. The normalized spacial score (nSPS) is 13.4. The van der Waals surface area contributed by atoms with E-state index in [9.17, 15) is 23.1 Å². The Labute approximate surface area is 200 Å². The Balaban J connectivity index is 1.59. The first-order valence-corrected chi connectivity index (χ1v) is 11.1. The average Bonchev–Trinajstić information content (AvgIpc) is 3.31. The topological polar surface area (TPSA) is 70.4 Å². The number of halogens is 3. The fourth-order valence-electron chi connectivity index (χ4n) is 3.87. The lowest BCUT2D eigenvalue weighted by molar-refractivity contribution is -0.257. The van der Waals surface area contributed by atoms with Gasteiger partial charge in [0.15, 0.2) is 5.60 Å². The van der Waals surface area contributed by atoms with Crippen molar-refractivity contribution in [3.05, 3.63) is 90.6 Å². The number of hydrogen-bond acceptors (Lipinski definition) is 4. The van der Waals surface area contributed by atoms with Gasteiger partial charge in [-0.3, -0.25) is 4.79 Å². The predicted octanol–water partition coefficient (Wildman–Crippen LogP) is 4.89. The van der Waals surface area contributed by atoms with Crippen molar-refractivity contribution in [1.82, 2.24) is 14.7 Å². The van der Waals surface area contributed by atoms with Gasteiger partial charge in [0.25, 0.3) is 5.91 Å². The SMILES string of the molecule is CCN(CC(O)(CNc1cccc2c1cnn2-c1ccccc1)C(F)(F)F)C(=O)c1ccccc1. The molecule has 0 fully saturated rings. The van der Waals surface area contributed by atoms with E-state index in [1.165, 1.54) is 12.1 Å². The van der Waals surface area contributed by atoms with Gasteiger partial charge in [0.2, 0.25) is 0 Å². The maximum absolute atomic E-state index is 14.1. The number of benzene rings is 3. The number of nitrogens with one attached hydrogen (secondary N) is 1. The number of carbonyl (C=O) groups is 1. The summed E-state index contributed by atoms with van der Waals surface area (Å²) in [6, 6.07) is 22.5. The van der Waals surface area contributed by atoms with Crippen molar-refractivity contribution in [3.8, 4) is 5.69 Å². The minimum atomic E-state index is -4.98. The first-order valence-electron chi connectivity index (χ1n) is 11.1. The van der Waals surface area contributed by atoms with E-state index < -0.39 is 30.8 Å². The summed E-state index contributed by atoms with van der Waals surface area (Å²) in [5.74, 6) is -0.581. The van der Waals surface area contributed by atoms with Gasteiger partial charge in [-0.2, -0.15) is 18.3 Å². The molecule has 0 aliphatic carbocycles. The average molecular weight is 483 g/mol. The second-order valence-corrected chi connectivity index (χ2v) is 8.20. The maximum atomic E-state index is 14.1. The van der Waals surface area contributed by atoms with Gasteiger partial charge in [0.05, 0.1) is 30.5 Å². The summed E-state index contributed by atoms with van der Waals surface area (Å²) in [7, 11) is 0. The number of anilines is 1. The van der Waals surface area contributed by atoms with Crippen LogP contribution in [-0.4, -0.2) is 57.1 Å². The van der Waals surface area contributed by atoms with E-state index in [1.54, 1.807) is 48.1 Å². The highest BCUT2D eigenvalue weighted by Crippen LogP contribution is 2.33. The lowest BCUT2D eigenvalue weighted by Gasteiger charge is -2.35. The highest BCUT2D eigenvalue weighted by molar-refractivity contribution is 5.94. The Hall–Kier alpha value is -3.85. The van der Waals surface area contributed by atoms with Crippen molar-refractivity contribution in [1.29, 1.82) is 0 Å². The zero-order chi connectivity index (χ0) is 25.1. The van der Waals surface area contributed by atoms with Gasteiger partial charge in [0.1, 0.15) is 0 Å². The summed E-state index contributed by atoms with van der Waals surface area (Å²) in [5, 5.41) is 18.5. The molecular weight excluding hydrogens is 457 g/mol. The molecule has 0 radical (unpaired) electrons. The van der Waals surface area contributed by atoms with Crippen LogP contribution in [0.5, 0.6) is 0 Å². The van der Waals surface area contributed by atoms with Crippen molar-refractivity contribution in [2.45, 2.75) is 18.7 Å². The third-order valence-electron chi connectivity index (χ3n) is 5.86. The summed E-state index contributed by atoms with van der Waals surface area (Å²) < 4.78 is 43.9. The molecule has 4 aromatic rings. The number of aromatic nitrogens is 2. The highest BCUT2D eigenvalue weighted by atomic mass is 19.4. The summed E-state index contributed by atoms with van der Waals surface area (Å²) in [6.07, 6.45) is -3.42. The Morgan fingerprint density at radius 2 is 1.66 bits per heavy atom. The molecule has 2 N–H and O–H groups in total. The Kier molecular flexibility index (Phi) is 6.79. The van der Waals surface area contributed by atoms with Crippen LogP contribution in [0.2, 0.25) is 0 Å². The molecule has 1 aromatic heterocycles. The Morgan fingerprint density at radius 1 is 1.00 bits per heavy atom. The monoisotopic (exact) mass is 482 g/mol. The number of fused-ring (bicyclic) bond motifs is 1. The molecule has 9 heteroatoms. The van der Waals surface area contributed by atoms with Crippen LogP contribution < -0.4 is 5.32 Å². The largest absolute Gasteiger partial charge is 0.420 e. The van der Waals surface area contributed by atoms with Crippen LogP contribution in [0.4, 0.5) is 18.9 Å². The summed E-state index contributed by atoms with van der Waals surface area (Å²) in [5.41, 5.74) is -1.02. The van der Waals surface area contributed by atoms with Crippen LogP contribution >= 0.6 is 0 Å². The maximum Gasteiger partial charge on any atom is 0.420 e. The van der Waals surface area contributed by atoms with Gasteiger partial charge in [0, 0.05) is 23.2 Å². The van der Waals surface area contributed by atoms with Gasteiger partial charge in [-0.15, -0.1) is 0 Å². The molecule has 1 atom stereocenters. The molecule has 1 heterocycles. The minimum Gasteiger partial charge on any atom is -0.381 e. The number of amides is 1. The van der Waals surface area contributed by atoms with Crippen molar-refractivity contribution in [2.75, 3.05) is 25.0 Å². The van der Waals surface area contributed by atoms with Gasteiger partial charge in [-0.05, 0) is 43.3 Å².